The molecule has 22 heavy (non-hydrogen) atoms. The monoisotopic (exact) mass is 384 g/mol. The molecule has 0 aliphatic rings. The Morgan fingerprint density at radius 2 is 2.09 bits per heavy atom. The predicted molar refractivity (Wildman–Crippen MR) is 92.4 cm³/mol. The third-order valence-electron chi connectivity index (χ3n) is 2.50. The van der Waals surface area contributed by atoms with Gasteiger partial charge in [-0.25, -0.2) is 4.79 Å². The Labute approximate surface area is 141 Å². The molecule has 0 heterocycles. The van der Waals surface area contributed by atoms with Gasteiger partial charge >= 0.3 is 5.97 Å². The summed E-state index contributed by atoms with van der Waals surface area (Å²) in [7, 11) is -1.58. The van der Waals surface area contributed by atoms with Gasteiger partial charge in [-0.2, -0.15) is 0 Å². The van der Waals surface area contributed by atoms with E-state index in [1.807, 2.05) is 0 Å². The molecule has 1 unspecified atom stereocenters. The topological polar surface area (TPSA) is 55.8 Å². The van der Waals surface area contributed by atoms with Crippen molar-refractivity contribution < 1.29 is 19.4 Å². The van der Waals surface area contributed by atoms with Gasteiger partial charge in [0.15, 0.2) is 6.61 Å². The molecular formula is C16H21BrO4Si. The van der Waals surface area contributed by atoms with Gasteiger partial charge in [-0.3, -0.25) is 0 Å². The first-order chi connectivity index (χ1) is 10.2. The molecule has 0 saturated carbocycles. The molecule has 0 saturated heterocycles. The van der Waals surface area contributed by atoms with E-state index in [9.17, 15) is 9.90 Å². The molecule has 0 bridgehead atoms. The Bertz CT molecular complexity index is 584. The van der Waals surface area contributed by atoms with Crippen LogP contribution in [0.4, 0.5) is 0 Å². The van der Waals surface area contributed by atoms with Gasteiger partial charge in [0.2, 0.25) is 0 Å². The smallest absolute Gasteiger partial charge is 0.344 e. The van der Waals surface area contributed by atoms with Crippen LogP contribution in [-0.4, -0.2) is 32.4 Å². The molecule has 0 aromatic heterocycles. The van der Waals surface area contributed by atoms with Crippen molar-refractivity contribution in [2.75, 3.05) is 13.2 Å². The lowest BCUT2D eigenvalue weighted by Gasteiger charge is -2.13. The summed E-state index contributed by atoms with van der Waals surface area (Å²) in [6.07, 6.45) is -0.957. The van der Waals surface area contributed by atoms with Crippen LogP contribution in [0.1, 0.15) is 18.6 Å². The molecule has 0 fully saturated rings. The van der Waals surface area contributed by atoms with Crippen LogP contribution in [-0.2, 0) is 9.53 Å². The summed E-state index contributed by atoms with van der Waals surface area (Å²) in [5.74, 6) is 2.85. The third kappa shape index (κ3) is 6.65. The highest BCUT2D eigenvalue weighted by Gasteiger charge is 2.15. The van der Waals surface area contributed by atoms with Gasteiger partial charge in [0, 0.05) is 10.0 Å². The lowest BCUT2D eigenvalue weighted by atomic mass is 10.1. The number of ether oxygens (including phenoxy) is 2. The maximum Gasteiger partial charge on any atom is 0.344 e. The number of aliphatic hydroxyl groups excluding tert-OH is 1. The lowest BCUT2D eigenvalue weighted by molar-refractivity contribution is -0.145. The molecule has 0 radical (unpaired) electrons. The van der Waals surface area contributed by atoms with Crippen LogP contribution >= 0.6 is 15.9 Å². The van der Waals surface area contributed by atoms with E-state index in [2.05, 4.69) is 47.0 Å². The first-order valence-corrected chi connectivity index (χ1v) is 11.3. The molecule has 0 aliphatic heterocycles. The van der Waals surface area contributed by atoms with Gasteiger partial charge in [-0.15, -0.1) is 5.54 Å². The second-order valence-electron chi connectivity index (χ2n) is 5.70. The van der Waals surface area contributed by atoms with Crippen molar-refractivity contribution in [1.29, 1.82) is 0 Å². The van der Waals surface area contributed by atoms with Crippen LogP contribution in [0, 0.1) is 11.5 Å². The van der Waals surface area contributed by atoms with E-state index in [1.165, 1.54) is 0 Å². The largest absolute Gasteiger partial charge is 0.481 e. The summed E-state index contributed by atoms with van der Waals surface area (Å²) < 4.78 is 11.1. The van der Waals surface area contributed by atoms with E-state index < -0.39 is 20.1 Å². The Morgan fingerprint density at radius 3 is 2.68 bits per heavy atom. The van der Waals surface area contributed by atoms with Crippen molar-refractivity contribution in [3.05, 3.63) is 28.2 Å². The zero-order valence-corrected chi connectivity index (χ0v) is 15.9. The fourth-order valence-corrected chi connectivity index (χ4v) is 2.51. The van der Waals surface area contributed by atoms with Gasteiger partial charge in [-0.1, -0.05) is 41.5 Å². The van der Waals surface area contributed by atoms with Gasteiger partial charge < -0.3 is 14.6 Å². The Morgan fingerprint density at radius 1 is 1.41 bits per heavy atom. The standard InChI is InChI=1S/C16H21BrO4Si/c1-5-20-16(19)11-21-15-7-6-12(17)10-13(15)14(18)8-9-22(2,3)4/h6-7,10,14,18H,5,11H2,1-4H3. The highest BCUT2D eigenvalue weighted by molar-refractivity contribution is 9.10. The van der Waals surface area contributed by atoms with E-state index in [1.54, 1.807) is 25.1 Å². The van der Waals surface area contributed by atoms with E-state index in [0.717, 1.165) is 4.47 Å². The zero-order valence-electron chi connectivity index (χ0n) is 13.3. The molecule has 0 amide bonds. The van der Waals surface area contributed by atoms with Gasteiger partial charge in [0.05, 0.1) is 6.61 Å². The number of carbonyl (C=O) groups is 1. The number of halogens is 1. The van der Waals surface area contributed by atoms with Gasteiger partial charge in [0.1, 0.15) is 19.9 Å². The van der Waals surface area contributed by atoms with E-state index in [4.69, 9.17) is 9.47 Å². The number of esters is 1. The van der Waals surface area contributed by atoms with Crippen molar-refractivity contribution >= 4 is 30.0 Å². The van der Waals surface area contributed by atoms with Crippen LogP contribution in [0.15, 0.2) is 22.7 Å². The molecule has 1 aromatic carbocycles. The quantitative estimate of drug-likeness (QED) is 0.480. The maximum absolute atomic E-state index is 11.4. The fraction of sp³-hybridized carbons (Fsp3) is 0.438. The minimum Gasteiger partial charge on any atom is -0.481 e. The number of hydrogen-bond acceptors (Lipinski definition) is 4. The zero-order chi connectivity index (χ0) is 16.8. The molecular weight excluding hydrogens is 364 g/mol. The molecule has 1 N–H and O–H groups in total. The van der Waals surface area contributed by atoms with Crippen molar-refractivity contribution in [3.63, 3.8) is 0 Å². The van der Waals surface area contributed by atoms with Crippen LogP contribution < -0.4 is 4.74 Å². The first kappa shape index (κ1) is 18.8. The molecule has 0 spiro atoms. The Hall–Kier alpha value is -1.29. The number of benzene rings is 1. The molecule has 0 aliphatic carbocycles. The average Bonchev–Trinajstić information content (AvgIpc) is 2.43. The highest BCUT2D eigenvalue weighted by atomic mass is 79.9. The SMILES string of the molecule is CCOC(=O)COc1ccc(Br)cc1C(O)C#C[Si](C)(C)C. The van der Waals surface area contributed by atoms with E-state index in [-0.39, 0.29) is 6.61 Å². The summed E-state index contributed by atoms with van der Waals surface area (Å²) in [6, 6.07) is 5.21. The molecule has 6 heteroatoms. The van der Waals surface area contributed by atoms with Gasteiger partial charge in [-0.05, 0) is 25.1 Å². The minimum atomic E-state index is -1.58. The van der Waals surface area contributed by atoms with Crippen LogP contribution in [0.2, 0.25) is 19.6 Å². The molecule has 1 atom stereocenters. The summed E-state index contributed by atoms with van der Waals surface area (Å²) >= 11 is 3.36. The Balaban J connectivity index is 2.94. The second-order valence-corrected chi connectivity index (χ2v) is 11.4. The summed E-state index contributed by atoms with van der Waals surface area (Å²) in [5, 5.41) is 10.3. The highest BCUT2D eigenvalue weighted by Crippen LogP contribution is 2.28. The van der Waals surface area contributed by atoms with Crippen molar-refractivity contribution in [2.45, 2.75) is 32.7 Å². The fourth-order valence-electron chi connectivity index (χ4n) is 1.57. The first-order valence-electron chi connectivity index (χ1n) is 7.01. The third-order valence-corrected chi connectivity index (χ3v) is 3.89. The summed E-state index contributed by atoms with van der Waals surface area (Å²) in [6.45, 7) is 8.15. The Kier molecular flexibility index (Phi) is 7.13. The maximum atomic E-state index is 11.4. The van der Waals surface area contributed by atoms with Crippen LogP contribution in [0.3, 0.4) is 0 Å². The number of rotatable bonds is 5. The van der Waals surface area contributed by atoms with Crippen LogP contribution in [0.25, 0.3) is 0 Å². The molecule has 120 valence electrons. The van der Waals surface area contributed by atoms with Crippen molar-refractivity contribution in [1.82, 2.24) is 0 Å². The van der Waals surface area contributed by atoms with Crippen molar-refractivity contribution in [2.24, 2.45) is 0 Å². The molecule has 1 rings (SSSR count). The normalized spacial score (nSPS) is 12.1. The average molecular weight is 385 g/mol. The number of aliphatic hydroxyl groups is 1. The van der Waals surface area contributed by atoms with E-state index >= 15 is 0 Å². The predicted octanol–water partition coefficient (Wildman–Crippen LogP) is 3.31. The number of hydrogen-bond donors (Lipinski definition) is 1. The summed E-state index contributed by atoms with van der Waals surface area (Å²) in [5.41, 5.74) is 3.66. The van der Waals surface area contributed by atoms with E-state index in [0.29, 0.717) is 17.9 Å². The second kappa shape index (κ2) is 8.37. The molecule has 4 nitrogen and oxygen atoms in total. The van der Waals surface area contributed by atoms with Gasteiger partial charge in [0.25, 0.3) is 0 Å². The summed E-state index contributed by atoms with van der Waals surface area (Å²) in [4.78, 5) is 11.4. The molecule has 1 aromatic rings. The minimum absolute atomic E-state index is 0.198. The lowest BCUT2D eigenvalue weighted by Crippen LogP contribution is -2.17. The number of carbonyl (C=O) groups excluding carboxylic acids is 1. The van der Waals surface area contributed by atoms with Crippen molar-refractivity contribution in [3.8, 4) is 17.2 Å². The van der Waals surface area contributed by atoms with Crippen LogP contribution in [0.5, 0.6) is 5.75 Å².